The fraction of sp³-hybridized carbons (Fsp3) is 0.600. The van der Waals surface area contributed by atoms with E-state index in [0.29, 0.717) is 5.92 Å². The predicted octanol–water partition coefficient (Wildman–Crippen LogP) is 3.47. The van der Waals surface area contributed by atoms with Crippen molar-refractivity contribution < 1.29 is 0 Å². The zero-order chi connectivity index (χ0) is 13.3. The topological polar surface area (TPSA) is 3.24 Å². The second kappa shape index (κ2) is 9.29. The number of hydrogen-bond acceptors (Lipinski definition) is 1. The SMILES string of the molecule is C=CCC(CCCN(C)C)C(=C)C(=C)BCC. The van der Waals surface area contributed by atoms with Gasteiger partial charge in [-0.05, 0) is 45.8 Å². The zero-order valence-corrected chi connectivity index (χ0v) is 12.0. The van der Waals surface area contributed by atoms with Gasteiger partial charge in [0.25, 0.3) is 0 Å². The Morgan fingerprint density at radius 1 is 1.35 bits per heavy atom. The number of nitrogens with zero attached hydrogens (tertiary/aromatic N) is 1. The standard InChI is InChI=1S/C15H28BN/c1-7-10-15(11-9-12-17(5)6)13(3)14(4)16-8-2/h7,15-16H,1,3-4,8-12H2,2,5-6H3. The van der Waals surface area contributed by atoms with Crippen molar-refractivity contribution in [2.75, 3.05) is 20.6 Å². The second-order valence-corrected chi connectivity index (χ2v) is 5.05. The van der Waals surface area contributed by atoms with Crippen molar-refractivity contribution in [1.82, 2.24) is 4.90 Å². The molecule has 0 heterocycles. The lowest BCUT2D eigenvalue weighted by Crippen LogP contribution is -2.15. The van der Waals surface area contributed by atoms with E-state index in [1.807, 2.05) is 6.08 Å². The summed E-state index contributed by atoms with van der Waals surface area (Å²) in [6, 6.07) is 0. The van der Waals surface area contributed by atoms with Crippen LogP contribution < -0.4 is 0 Å². The van der Waals surface area contributed by atoms with E-state index >= 15 is 0 Å². The lowest BCUT2D eigenvalue weighted by molar-refractivity contribution is 0.378. The van der Waals surface area contributed by atoms with E-state index in [1.54, 1.807) is 0 Å². The molecule has 17 heavy (non-hydrogen) atoms. The van der Waals surface area contributed by atoms with E-state index in [9.17, 15) is 0 Å². The Morgan fingerprint density at radius 3 is 2.47 bits per heavy atom. The van der Waals surface area contributed by atoms with Crippen molar-refractivity contribution in [3.63, 3.8) is 0 Å². The smallest absolute Gasteiger partial charge is 0.157 e. The Morgan fingerprint density at radius 2 is 2.00 bits per heavy atom. The molecule has 1 atom stereocenters. The molecule has 0 aromatic rings. The molecule has 96 valence electrons. The minimum absolute atomic E-state index is 0.534. The maximum Gasteiger partial charge on any atom is 0.157 e. The lowest BCUT2D eigenvalue weighted by atomic mass is 9.63. The van der Waals surface area contributed by atoms with Crippen LogP contribution >= 0.6 is 0 Å². The molecule has 1 nitrogen and oxygen atoms in total. The van der Waals surface area contributed by atoms with Crippen molar-refractivity contribution in [1.29, 1.82) is 0 Å². The molecule has 0 aromatic carbocycles. The molecule has 0 fully saturated rings. The molecule has 1 unspecified atom stereocenters. The average Bonchev–Trinajstić information content (AvgIpc) is 2.27. The fourth-order valence-corrected chi connectivity index (χ4v) is 2.04. The molecule has 0 aliphatic rings. The number of rotatable bonds is 10. The fourth-order valence-electron chi connectivity index (χ4n) is 2.04. The van der Waals surface area contributed by atoms with Crippen molar-refractivity contribution in [2.24, 2.45) is 5.92 Å². The van der Waals surface area contributed by atoms with Gasteiger partial charge in [0, 0.05) is 0 Å². The first-order valence-corrected chi connectivity index (χ1v) is 6.65. The van der Waals surface area contributed by atoms with Gasteiger partial charge in [-0.3, -0.25) is 0 Å². The molecule has 0 aromatic heterocycles. The van der Waals surface area contributed by atoms with Crippen LogP contribution in [0.1, 0.15) is 26.2 Å². The molecule has 0 amide bonds. The molecule has 0 spiro atoms. The first-order chi connectivity index (χ1) is 8.02. The van der Waals surface area contributed by atoms with Gasteiger partial charge in [0.05, 0.1) is 0 Å². The Hall–Kier alpha value is -0.755. The summed E-state index contributed by atoms with van der Waals surface area (Å²) in [6.07, 6.45) is 6.58. The summed E-state index contributed by atoms with van der Waals surface area (Å²) in [5.41, 5.74) is 2.47. The van der Waals surface area contributed by atoms with E-state index in [0.717, 1.165) is 26.6 Å². The van der Waals surface area contributed by atoms with Gasteiger partial charge in [-0.15, -0.1) is 13.2 Å². The molecular formula is C15H28BN. The van der Waals surface area contributed by atoms with Gasteiger partial charge >= 0.3 is 0 Å². The van der Waals surface area contributed by atoms with Crippen LogP contribution in [0.3, 0.4) is 0 Å². The van der Waals surface area contributed by atoms with Gasteiger partial charge in [-0.2, -0.15) is 0 Å². The summed E-state index contributed by atoms with van der Waals surface area (Å²) in [4.78, 5) is 2.23. The van der Waals surface area contributed by atoms with Gasteiger partial charge in [0.2, 0.25) is 0 Å². The third-order valence-electron chi connectivity index (χ3n) is 3.11. The summed E-state index contributed by atoms with van der Waals surface area (Å²) >= 11 is 0. The van der Waals surface area contributed by atoms with Crippen molar-refractivity contribution in [3.05, 3.63) is 36.9 Å². The summed E-state index contributed by atoms with van der Waals surface area (Å²) in [5, 5.41) is 0. The Labute approximate surface area is 109 Å². The van der Waals surface area contributed by atoms with Crippen LogP contribution in [0.15, 0.2) is 36.9 Å². The lowest BCUT2D eigenvalue weighted by Gasteiger charge is -2.20. The van der Waals surface area contributed by atoms with E-state index in [-0.39, 0.29) is 0 Å². The summed E-state index contributed by atoms with van der Waals surface area (Å²) in [6.45, 7) is 15.6. The monoisotopic (exact) mass is 233 g/mol. The first-order valence-electron chi connectivity index (χ1n) is 6.65. The van der Waals surface area contributed by atoms with E-state index in [1.165, 1.54) is 23.9 Å². The third-order valence-corrected chi connectivity index (χ3v) is 3.11. The van der Waals surface area contributed by atoms with Crippen LogP contribution in [-0.4, -0.2) is 32.8 Å². The number of allylic oxidation sites excluding steroid dienone is 3. The molecular weight excluding hydrogens is 205 g/mol. The molecule has 0 saturated heterocycles. The largest absolute Gasteiger partial charge is 0.309 e. The predicted molar refractivity (Wildman–Crippen MR) is 82.0 cm³/mol. The minimum Gasteiger partial charge on any atom is -0.309 e. The average molecular weight is 233 g/mol. The van der Waals surface area contributed by atoms with E-state index in [2.05, 4.69) is 45.7 Å². The van der Waals surface area contributed by atoms with Crippen LogP contribution in [0.4, 0.5) is 0 Å². The second-order valence-electron chi connectivity index (χ2n) is 5.05. The molecule has 0 rings (SSSR count). The van der Waals surface area contributed by atoms with E-state index < -0.39 is 0 Å². The first kappa shape index (κ1) is 16.2. The van der Waals surface area contributed by atoms with E-state index in [4.69, 9.17) is 0 Å². The van der Waals surface area contributed by atoms with Gasteiger partial charge in [0.15, 0.2) is 7.28 Å². The zero-order valence-electron chi connectivity index (χ0n) is 12.0. The van der Waals surface area contributed by atoms with Crippen molar-refractivity contribution in [2.45, 2.75) is 32.5 Å². The summed E-state index contributed by atoms with van der Waals surface area (Å²) in [7, 11) is 5.31. The summed E-state index contributed by atoms with van der Waals surface area (Å²) < 4.78 is 0. The minimum atomic E-state index is 0.534. The molecule has 0 radical (unpaired) electrons. The molecule has 2 heteroatoms. The quantitative estimate of drug-likeness (QED) is 0.317. The third kappa shape index (κ3) is 7.22. The van der Waals surface area contributed by atoms with Crippen LogP contribution in [0.25, 0.3) is 0 Å². The van der Waals surface area contributed by atoms with Gasteiger partial charge in [-0.25, -0.2) is 0 Å². The molecule has 0 saturated carbocycles. The normalized spacial score (nSPS) is 12.2. The van der Waals surface area contributed by atoms with Crippen molar-refractivity contribution >= 4 is 7.28 Å². The Balaban J connectivity index is 4.25. The van der Waals surface area contributed by atoms with Crippen LogP contribution in [0.2, 0.25) is 6.32 Å². The highest BCUT2D eigenvalue weighted by atomic mass is 15.0. The highest BCUT2D eigenvalue weighted by Crippen LogP contribution is 2.25. The van der Waals surface area contributed by atoms with Gasteiger partial charge in [-0.1, -0.05) is 36.9 Å². The van der Waals surface area contributed by atoms with Gasteiger partial charge in [0.1, 0.15) is 0 Å². The van der Waals surface area contributed by atoms with Crippen LogP contribution in [0, 0.1) is 5.92 Å². The molecule has 0 aliphatic heterocycles. The Kier molecular flexibility index (Phi) is 8.88. The van der Waals surface area contributed by atoms with Crippen molar-refractivity contribution in [3.8, 4) is 0 Å². The highest BCUT2D eigenvalue weighted by Gasteiger charge is 2.13. The number of hydrogen-bond donors (Lipinski definition) is 0. The van der Waals surface area contributed by atoms with Gasteiger partial charge < -0.3 is 4.90 Å². The molecule has 0 bridgehead atoms. The maximum absolute atomic E-state index is 4.23. The molecule has 0 aliphatic carbocycles. The Bertz CT molecular complexity index is 256. The highest BCUT2D eigenvalue weighted by molar-refractivity contribution is 6.46. The van der Waals surface area contributed by atoms with Crippen LogP contribution in [-0.2, 0) is 0 Å². The molecule has 0 N–H and O–H groups in total. The maximum atomic E-state index is 4.23. The summed E-state index contributed by atoms with van der Waals surface area (Å²) in [5.74, 6) is 0.534. The van der Waals surface area contributed by atoms with Crippen LogP contribution in [0.5, 0.6) is 0 Å².